The lowest BCUT2D eigenvalue weighted by molar-refractivity contribution is 0.541. The van der Waals surface area contributed by atoms with Crippen molar-refractivity contribution in [2.24, 2.45) is 0 Å². The van der Waals surface area contributed by atoms with Crippen LogP contribution in [-0.2, 0) is 6.42 Å². The maximum Gasteiger partial charge on any atom is 0.294 e. The van der Waals surface area contributed by atoms with E-state index in [1.807, 2.05) is 6.92 Å². The second-order valence-electron chi connectivity index (χ2n) is 2.13. The van der Waals surface area contributed by atoms with Crippen LogP contribution in [0.25, 0.3) is 0 Å². The monoisotopic (exact) mass is 140 g/mol. The first-order valence-corrected chi connectivity index (χ1v) is 3.42. The third kappa shape index (κ3) is 1.12. The molecule has 0 saturated heterocycles. The Bertz CT molecular complexity index is 217. The van der Waals surface area contributed by atoms with Crippen LogP contribution in [0.3, 0.4) is 0 Å². The molecule has 56 valence electrons. The van der Waals surface area contributed by atoms with Gasteiger partial charge in [-0.05, 0) is 13.3 Å². The van der Waals surface area contributed by atoms with E-state index in [1.165, 1.54) is 0 Å². The van der Waals surface area contributed by atoms with Crippen molar-refractivity contribution in [2.75, 3.05) is 12.4 Å². The van der Waals surface area contributed by atoms with Crippen molar-refractivity contribution in [3.05, 3.63) is 11.5 Å². The molecule has 0 aliphatic heterocycles. The fourth-order valence-electron chi connectivity index (χ4n) is 0.863. The van der Waals surface area contributed by atoms with E-state index >= 15 is 0 Å². The second-order valence-corrected chi connectivity index (χ2v) is 2.13. The SMILES string of the molecule is CCc1nc(NC)oc1C. The van der Waals surface area contributed by atoms with E-state index in [0.717, 1.165) is 17.9 Å². The molecule has 0 aliphatic rings. The molecule has 0 saturated carbocycles. The van der Waals surface area contributed by atoms with Crippen LogP contribution in [0, 0.1) is 6.92 Å². The molecule has 0 amide bonds. The molecule has 3 heteroatoms. The topological polar surface area (TPSA) is 38.1 Å². The molecule has 0 aromatic carbocycles. The van der Waals surface area contributed by atoms with E-state index < -0.39 is 0 Å². The summed E-state index contributed by atoms with van der Waals surface area (Å²) in [5.41, 5.74) is 1.03. The van der Waals surface area contributed by atoms with Gasteiger partial charge in [0.1, 0.15) is 5.76 Å². The number of aromatic nitrogens is 1. The summed E-state index contributed by atoms with van der Waals surface area (Å²) in [6.07, 6.45) is 0.928. The number of hydrogen-bond acceptors (Lipinski definition) is 3. The van der Waals surface area contributed by atoms with Gasteiger partial charge in [-0.3, -0.25) is 0 Å². The van der Waals surface area contributed by atoms with Crippen LogP contribution in [0.1, 0.15) is 18.4 Å². The Balaban J connectivity index is 2.92. The highest BCUT2D eigenvalue weighted by Gasteiger charge is 2.04. The van der Waals surface area contributed by atoms with Crippen molar-refractivity contribution >= 4 is 6.01 Å². The van der Waals surface area contributed by atoms with Gasteiger partial charge in [-0.2, -0.15) is 4.98 Å². The number of hydrogen-bond donors (Lipinski definition) is 1. The minimum absolute atomic E-state index is 0.606. The third-order valence-corrected chi connectivity index (χ3v) is 1.44. The van der Waals surface area contributed by atoms with Gasteiger partial charge in [-0.1, -0.05) is 6.92 Å². The standard InChI is InChI=1S/C7H12N2O/c1-4-6-5(2)10-7(8-3)9-6/h4H2,1-3H3,(H,8,9). The smallest absolute Gasteiger partial charge is 0.294 e. The summed E-state index contributed by atoms with van der Waals surface area (Å²) in [4.78, 5) is 4.17. The van der Waals surface area contributed by atoms with Crippen LogP contribution in [-0.4, -0.2) is 12.0 Å². The number of rotatable bonds is 2. The molecule has 0 aliphatic carbocycles. The highest BCUT2D eigenvalue weighted by atomic mass is 16.4. The summed E-state index contributed by atoms with van der Waals surface area (Å²) in [5, 5.41) is 2.84. The molecular formula is C7H12N2O. The first kappa shape index (κ1) is 7.12. The highest BCUT2D eigenvalue weighted by molar-refractivity contribution is 5.23. The quantitative estimate of drug-likeness (QED) is 0.677. The molecule has 1 rings (SSSR count). The zero-order valence-electron chi connectivity index (χ0n) is 6.56. The van der Waals surface area contributed by atoms with Gasteiger partial charge in [0.2, 0.25) is 0 Å². The first-order valence-electron chi connectivity index (χ1n) is 3.42. The Morgan fingerprint density at radius 1 is 1.60 bits per heavy atom. The van der Waals surface area contributed by atoms with Gasteiger partial charge in [0, 0.05) is 7.05 Å². The van der Waals surface area contributed by atoms with Crippen LogP contribution in [0.2, 0.25) is 0 Å². The van der Waals surface area contributed by atoms with Gasteiger partial charge in [-0.15, -0.1) is 0 Å². The number of oxazole rings is 1. The van der Waals surface area contributed by atoms with Crippen molar-refractivity contribution in [3.8, 4) is 0 Å². The summed E-state index contributed by atoms with van der Waals surface area (Å²) in [5.74, 6) is 0.909. The zero-order valence-corrected chi connectivity index (χ0v) is 6.56. The molecule has 0 unspecified atom stereocenters. The van der Waals surface area contributed by atoms with Gasteiger partial charge in [0.15, 0.2) is 0 Å². The van der Waals surface area contributed by atoms with Crippen LogP contribution in [0.15, 0.2) is 4.42 Å². The fraction of sp³-hybridized carbons (Fsp3) is 0.571. The Morgan fingerprint density at radius 3 is 2.60 bits per heavy atom. The average molecular weight is 140 g/mol. The lowest BCUT2D eigenvalue weighted by Gasteiger charge is -1.85. The molecule has 1 heterocycles. The maximum absolute atomic E-state index is 5.23. The number of nitrogens with zero attached hydrogens (tertiary/aromatic N) is 1. The summed E-state index contributed by atoms with van der Waals surface area (Å²) >= 11 is 0. The van der Waals surface area contributed by atoms with E-state index in [1.54, 1.807) is 7.05 Å². The van der Waals surface area contributed by atoms with E-state index in [2.05, 4.69) is 17.2 Å². The van der Waals surface area contributed by atoms with Crippen molar-refractivity contribution in [1.29, 1.82) is 0 Å². The summed E-state index contributed by atoms with van der Waals surface area (Å²) in [6, 6.07) is 0.606. The highest BCUT2D eigenvalue weighted by Crippen LogP contribution is 2.13. The van der Waals surface area contributed by atoms with Gasteiger partial charge < -0.3 is 9.73 Å². The zero-order chi connectivity index (χ0) is 7.56. The van der Waals surface area contributed by atoms with E-state index in [-0.39, 0.29) is 0 Å². The van der Waals surface area contributed by atoms with Crippen molar-refractivity contribution < 1.29 is 4.42 Å². The molecule has 1 N–H and O–H groups in total. The molecule has 1 aromatic rings. The maximum atomic E-state index is 5.23. The molecule has 0 spiro atoms. The van der Waals surface area contributed by atoms with Gasteiger partial charge in [-0.25, -0.2) is 0 Å². The summed E-state index contributed by atoms with van der Waals surface area (Å²) in [7, 11) is 1.80. The first-order chi connectivity index (χ1) is 4.77. The van der Waals surface area contributed by atoms with Gasteiger partial charge in [0.05, 0.1) is 5.69 Å². The van der Waals surface area contributed by atoms with Crippen molar-refractivity contribution in [3.63, 3.8) is 0 Å². The average Bonchev–Trinajstić information content (AvgIpc) is 2.30. The van der Waals surface area contributed by atoms with E-state index in [0.29, 0.717) is 6.01 Å². The predicted octanol–water partition coefficient (Wildman–Crippen LogP) is 1.59. The summed E-state index contributed by atoms with van der Waals surface area (Å²) < 4.78 is 5.23. The predicted molar refractivity (Wildman–Crippen MR) is 40.2 cm³/mol. The van der Waals surface area contributed by atoms with Gasteiger partial charge in [0.25, 0.3) is 6.01 Å². The Labute approximate surface area is 60.5 Å². The number of nitrogens with one attached hydrogen (secondary N) is 1. The second kappa shape index (κ2) is 2.73. The van der Waals surface area contributed by atoms with Crippen LogP contribution in [0.4, 0.5) is 6.01 Å². The molecule has 0 atom stereocenters. The largest absolute Gasteiger partial charge is 0.429 e. The Kier molecular flexibility index (Phi) is 1.94. The molecular weight excluding hydrogens is 128 g/mol. The molecule has 3 nitrogen and oxygen atoms in total. The molecule has 1 aromatic heterocycles. The Morgan fingerprint density at radius 2 is 2.30 bits per heavy atom. The van der Waals surface area contributed by atoms with Crippen molar-refractivity contribution in [1.82, 2.24) is 4.98 Å². The van der Waals surface area contributed by atoms with E-state index in [4.69, 9.17) is 4.42 Å². The molecule has 0 fully saturated rings. The fourth-order valence-corrected chi connectivity index (χ4v) is 0.863. The minimum Gasteiger partial charge on any atom is -0.429 e. The van der Waals surface area contributed by atoms with Crippen molar-refractivity contribution in [2.45, 2.75) is 20.3 Å². The van der Waals surface area contributed by atoms with Crippen LogP contribution < -0.4 is 5.32 Å². The third-order valence-electron chi connectivity index (χ3n) is 1.44. The van der Waals surface area contributed by atoms with Crippen LogP contribution in [0.5, 0.6) is 0 Å². The number of anilines is 1. The minimum atomic E-state index is 0.606. The normalized spacial score (nSPS) is 9.90. The molecule has 10 heavy (non-hydrogen) atoms. The van der Waals surface area contributed by atoms with Crippen LogP contribution >= 0.6 is 0 Å². The Hall–Kier alpha value is -0.990. The summed E-state index contributed by atoms with van der Waals surface area (Å²) in [6.45, 7) is 3.98. The molecule has 0 bridgehead atoms. The number of aryl methyl sites for hydroxylation is 2. The van der Waals surface area contributed by atoms with E-state index in [9.17, 15) is 0 Å². The van der Waals surface area contributed by atoms with Gasteiger partial charge >= 0.3 is 0 Å². The lowest BCUT2D eigenvalue weighted by Crippen LogP contribution is -1.87. The lowest BCUT2D eigenvalue weighted by atomic mass is 10.3. The molecule has 0 radical (unpaired) electrons.